The first-order valence-corrected chi connectivity index (χ1v) is 7.01. The average molecular weight is 245 g/mol. The molecule has 0 amide bonds. The molecule has 0 atom stereocenters. The second-order valence-corrected chi connectivity index (χ2v) is 6.02. The van der Waals surface area contributed by atoms with E-state index in [0.29, 0.717) is 13.1 Å². The number of hydrogen-bond acceptors (Lipinski definition) is 3. The van der Waals surface area contributed by atoms with Gasteiger partial charge in [0.2, 0.25) is 0 Å². The highest BCUT2D eigenvalue weighted by Crippen LogP contribution is 2.02. The largest absolute Gasteiger partial charge is 0.312 e. The lowest BCUT2D eigenvalue weighted by Gasteiger charge is -2.05. The molecule has 0 aliphatic heterocycles. The molecular weight excluding hydrogens is 229 g/mol. The van der Waals surface area contributed by atoms with Crippen LogP contribution in [0.3, 0.4) is 0 Å². The Balaban J connectivity index is 2.32. The summed E-state index contributed by atoms with van der Waals surface area (Å²) in [5, 5.41) is 2.97. The summed E-state index contributed by atoms with van der Waals surface area (Å²) in [6.07, 6.45) is 0. The predicted octanol–water partition coefficient (Wildman–Crippen LogP) is 1.35. The second-order valence-electron chi connectivity index (χ2n) is 3.54. The molecule has 5 heteroatoms. The molecule has 3 nitrogen and oxygen atoms in total. The van der Waals surface area contributed by atoms with Crippen LogP contribution >= 0.6 is 0 Å². The van der Waals surface area contributed by atoms with E-state index in [-0.39, 0.29) is 17.3 Å². The maximum absolute atomic E-state index is 12.8. The van der Waals surface area contributed by atoms with Gasteiger partial charge in [-0.2, -0.15) is 0 Å². The summed E-state index contributed by atoms with van der Waals surface area (Å²) in [5.41, 5.74) is 0.814. The monoisotopic (exact) mass is 245 g/mol. The van der Waals surface area contributed by atoms with Crippen molar-refractivity contribution in [1.82, 2.24) is 5.32 Å². The van der Waals surface area contributed by atoms with Crippen molar-refractivity contribution < 1.29 is 12.8 Å². The molecule has 0 radical (unpaired) electrons. The minimum absolute atomic E-state index is 0.124. The van der Waals surface area contributed by atoms with E-state index >= 15 is 0 Å². The van der Waals surface area contributed by atoms with Crippen molar-refractivity contribution in [2.75, 3.05) is 18.1 Å². The molecule has 0 aliphatic rings. The minimum Gasteiger partial charge on any atom is -0.312 e. The van der Waals surface area contributed by atoms with Gasteiger partial charge >= 0.3 is 0 Å². The summed E-state index contributed by atoms with van der Waals surface area (Å²) in [4.78, 5) is 0. The van der Waals surface area contributed by atoms with Crippen molar-refractivity contribution in [3.8, 4) is 0 Å². The number of halogens is 1. The van der Waals surface area contributed by atoms with Gasteiger partial charge < -0.3 is 5.32 Å². The van der Waals surface area contributed by atoms with Gasteiger partial charge in [-0.05, 0) is 17.7 Å². The van der Waals surface area contributed by atoms with Crippen LogP contribution in [0.4, 0.5) is 4.39 Å². The maximum atomic E-state index is 12.8. The van der Waals surface area contributed by atoms with Crippen LogP contribution in [-0.2, 0) is 16.4 Å². The first-order chi connectivity index (χ1) is 7.53. The zero-order valence-corrected chi connectivity index (χ0v) is 10.1. The highest BCUT2D eigenvalue weighted by molar-refractivity contribution is 7.91. The van der Waals surface area contributed by atoms with Crippen molar-refractivity contribution in [2.24, 2.45) is 0 Å². The van der Waals surface area contributed by atoms with Crippen LogP contribution in [0.5, 0.6) is 0 Å². The van der Waals surface area contributed by atoms with E-state index in [9.17, 15) is 12.8 Å². The fraction of sp³-hybridized carbons (Fsp3) is 0.455. The van der Waals surface area contributed by atoms with Crippen LogP contribution < -0.4 is 5.32 Å². The number of benzene rings is 1. The van der Waals surface area contributed by atoms with Crippen molar-refractivity contribution in [1.29, 1.82) is 0 Å². The van der Waals surface area contributed by atoms with Crippen LogP contribution in [-0.4, -0.2) is 26.5 Å². The van der Waals surface area contributed by atoms with E-state index in [0.717, 1.165) is 5.56 Å². The topological polar surface area (TPSA) is 46.2 Å². The molecule has 0 saturated heterocycles. The van der Waals surface area contributed by atoms with Crippen molar-refractivity contribution in [3.63, 3.8) is 0 Å². The molecule has 0 aliphatic carbocycles. The smallest absolute Gasteiger partial charge is 0.151 e. The molecule has 0 unspecified atom stereocenters. The van der Waals surface area contributed by atoms with Crippen molar-refractivity contribution >= 4 is 9.84 Å². The molecule has 1 N–H and O–H groups in total. The van der Waals surface area contributed by atoms with Crippen LogP contribution in [0, 0.1) is 5.82 Å². The van der Waals surface area contributed by atoms with Crippen LogP contribution in [0.2, 0.25) is 0 Å². The van der Waals surface area contributed by atoms with Gasteiger partial charge in [-0.15, -0.1) is 0 Å². The zero-order chi connectivity index (χ0) is 12.0. The van der Waals surface area contributed by atoms with Gasteiger partial charge in [0.25, 0.3) is 0 Å². The molecule has 1 aromatic carbocycles. The molecule has 0 aromatic heterocycles. The van der Waals surface area contributed by atoms with Gasteiger partial charge in [-0.3, -0.25) is 0 Å². The Labute approximate surface area is 95.6 Å². The molecule has 0 heterocycles. The Morgan fingerprint density at radius 1 is 1.38 bits per heavy atom. The first-order valence-electron chi connectivity index (χ1n) is 5.19. The number of nitrogens with one attached hydrogen (secondary N) is 1. The van der Waals surface area contributed by atoms with E-state index in [2.05, 4.69) is 5.32 Å². The number of sulfone groups is 1. The summed E-state index contributed by atoms with van der Waals surface area (Å²) in [6.45, 7) is 2.51. The fourth-order valence-corrected chi connectivity index (χ4v) is 2.00. The van der Waals surface area contributed by atoms with E-state index in [4.69, 9.17) is 0 Å². The minimum atomic E-state index is -2.92. The van der Waals surface area contributed by atoms with Crippen LogP contribution in [0.15, 0.2) is 24.3 Å². The Kier molecular flexibility index (Phi) is 4.89. The molecule has 0 bridgehead atoms. The molecule has 0 spiro atoms. The lowest BCUT2D eigenvalue weighted by molar-refractivity contribution is 0.591. The van der Waals surface area contributed by atoms with E-state index in [1.807, 2.05) is 0 Å². The van der Waals surface area contributed by atoms with E-state index < -0.39 is 9.84 Å². The van der Waals surface area contributed by atoms with Crippen LogP contribution in [0.1, 0.15) is 12.5 Å². The quantitative estimate of drug-likeness (QED) is 0.770. The molecular formula is C11H16FNO2S. The number of rotatable bonds is 6. The summed E-state index contributed by atoms with van der Waals surface area (Å²) in [7, 11) is -2.92. The molecule has 0 fully saturated rings. The summed E-state index contributed by atoms with van der Waals surface area (Å²) >= 11 is 0. The van der Waals surface area contributed by atoms with Crippen molar-refractivity contribution in [3.05, 3.63) is 35.6 Å². The van der Waals surface area contributed by atoms with Gasteiger partial charge in [-0.1, -0.05) is 19.1 Å². The average Bonchev–Trinajstić information content (AvgIpc) is 2.25. The lowest BCUT2D eigenvalue weighted by Crippen LogP contribution is -2.23. The summed E-state index contributed by atoms with van der Waals surface area (Å²) in [5.74, 6) is 0.00785. The van der Waals surface area contributed by atoms with Crippen molar-refractivity contribution in [2.45, 2.75) is 13.5 Å². The highest BCUT2D eigenvalue weighted by atomic mass is 32.2. The molecule has 1 rings (SSSR count). The SMILES string of the molecule is CCS(=O)(=O)CCNCc1cccc(F)c1. The fourth-order valence-electron chi connectivity index (χ4n) is 1.25. The Hall–Kier alpha value is -0.940. The second kappa shape index (κ2) is 5.96. The Morgan fingerprint density at radius 3 is 2.75 bits per heavy atom. The molecule has 90 valence electrons. The van der Waals surface area contributed by atoms with Gasteiger partial charge in [0.15, 0.2) is 9.84 Å². The molecule has 0 saturated carbocycles. The third-order valence-corrected chi connectivity index (χ3v) is 3.95. The predicted molar refractivity (Wildman–Crippen MR) is 62.4 cm³/mol. The summed E-state index contributed by atoms with van der Waals surface area (Å²) < 4.78 is 35.1. The standard InChI is InChI=1S/C11H16FNO2S/c1-2-16(14,15)7-6-13-9-10-4-3-5-11(12)8-10/h3-5,8,13H,2,6-7,9H2,1H3. The molecule has 16 heavy (non-hydrogen) atoms. The summed E-state index contributed by atoms with van der Waals surface area (Å²) in [6, 6.07) is 6.24. The first kappa shape index (κ1) is 13.1. The van der Waals surface area contributed by atoms with Gasteiger partial charge in [0, 0.05) is 18.8 Å². The van der Waals surface area contributed by atoms with Gasteiger partial charge in [0.1, 0.15) is 5.82 Å². The van der Waals surface area contributed by atoms with E-state index in [1.54, 1.807) is 19.1 Å². The van der Waals surface area contributed by atoms with Gasteiger partial charge in [-0.25, -0.2) is 12.8 Å². The Bertz CT molecular complexity index is 431. The molecule has 1 aromatic rings. The number of hydrogen-bond donors (Lipinski definition) is 1. The Morgan fingerprint density at radius 2 is 2.12 bits per heavy atom. The van der Waals surface area contributed by atoms with Gasteiger partial charge in [0.05, 0.1) is 5.75 Å². The highest BCUT2D eigenvalue weighted by Gasteiger charge is 2.05. The maximum Gasteiger partial charge on any atom is 0.151 e. The third kappa shape index (κ3) is 4.72. The zero-order valence-electron chi connectivity index (χ0n) is 9.24. The lowest BCUT2D eigenvalue weighted by atomic mass is 10.2. The third-order valence-electron chi connectivity index (χ3n) is 2.25. The van der Waals surface area contributed by atoms with E-state index in [1.165, 1.54) is 12.1 Å². The van der Waals surface area contributed by atoms with Crippen LogP contribution in [0.25, 0.3) is 0 Å². The normalized spacial score (nSPS) is 11.6.